The predicted molar refractivity (Wildman–Crippen MR) is 74.6 cm³/mol. The van der Waals surface area contributed by atoms with Crippen molar-refractivity contribution in [3.63, 3.8) is 0 Å². The first kappa shape index (κ1) is 14.8. The number of carbonyl (C=O) groups is 1. The molecule has 7 nitrogen and oxygen atoms in total. The highest BCUT2D eigenvalue weighted by Crippen LogP contribution is 2.30. The third-order valence-electron chi connectivity index (χ3n) is 2.87. The summed E-state index contributed by atoms with van der Waals surface area (Å²) < 4.78 is 48.3. The van der Waals surface area contributed by atoms with E-state index in [4.69, 9.17) is 0 Å². The van der Waals surface area contributed by atoms with Gasteiger partial charge < -0.3 is 0 Å². The average molecular weight is 318 g/mol. The largest absolute Gasteiger partial charge is 0.270 e. The Bertz CT molecular complexity index is 768. The molecule has 0 aromatic heterocycles. The van der Waals surface area contributed by atoms with Gasteiger partial charge in [0.05, 0.1) is 18.2 Å². The zero-order valence-corrected chi connectivity index (χ0v) is 12.6. The summed E-state index contributed by atoms with van der Waals surface area (Å²) in [5.41, 5.74) is 1.42. The van der Waals surface area contributed by atoms with Gasteiger partial charge in [0.1, 0.15) is 0 Å². The van der Waals surface area contributed by atoms with E-state index in [1.54, 1.807) is 0 Å². The van der Waals surface area contributed by atoms with Crippen LogP contribution in [0.15, 0.2) is 18.2 Å². The molecule has 1 N–H and O–H groups in total. The van der Waals surface area contributed by atoms with Crippen LogP contribution < -0.4 is 9.03 Å². The molecule has 110 valence electrons. The lowest BCUT2D eigenvalue weighted by Gasteiger charge is -2.16. The Morgan fingerprint density at radius 2 is 1.85 bits per heavy atom. The fourth-order valence-corrected chi connectivity index (χ4v) is 3.50. The molecule has 2 rings (SSSR count). The van der Waals surface area contributed by atoms with Crippen molar-refractivity contribution in [2.75, 3.05) is 23.4 Å². The summed E-state index contributed by atoms with van der Waals surface area (Å²) in [7, 11) is -6.97. The van der Waals surface area contributed by atoms with Gasteiger partial charge in [0.2, 0.25) is 20.0 Å². The Morgan fingerprint density at radius 1 is 1.20 bits per heavy atom. The summed E-state index contributed by atoms with van der Waals surface area (Å²) >= 11 is 0. The fraction of sp³-hybridized carbons (Fsp3) is 0.364. The molecule has 0 fully saturated rings. The molecular weight excluding hydrogens is 304 g/mol. The van der Waals surface area contributed by atoms with Crippen molar-refractivity contribution in [1.29, 1.82) is 0 Å². The second-order valence-electron chi connectivity index (χ2n) is 4.63. The zero-order valence-electron chi connectivity index (χ0n) is 11.0. The number of carbonyl (C=O) groups excluding carboxylic acids is 1. The van der Waals surface area contributed by atoms with Crippen LogP contribution in [0.25, 0.3) is 0 Å². The van der Waals surface area contributed by atoms with Gasteiger partial charge in [-0.25, -0.2) is 21.6 Å². The number of sulfonamides is 2. The number of nitrogens with one attached hydrogen (secondary N) is 1. The summed E-state index contributed by atoms with van der Waals surface area (Å²) in [5, 5.41) is 0. The van der Waals surface area contributed by atoms with E-state index in [9.17, 15) is 21.6 Å². The van der Waals surface area contributed by atoms with Crippen LogP contribution in [-0.2, 0) is 26.5 Å². The Labute approximate surface area is 117 Å². The quantitative estimate of drug-likeness (QED) is 0.824. The molecule has 0 saturated heterocycles. The Hall–Kier alpha value is -1.61. The van der Waals surface area contributed by atoms with Gasteiger partial charge in [-0.15, -0.1) is 0 Å². The third-order valence-corrected chi connectivity index (χ3v) is 4.61. The molecular formula is C11H14N2O5S2. The molecule has 1 heterocycles. The maximum atomic E-state index is 11.7. The van der Waals surface area contributed by atoms with Crippen molar-refractivity contribution in [1.82, 2.24) is 4.72 Å². The summed E-state index contributed by atoms with van der Waals surface area (Å²) in [6.07, 6.45) is 2.50. The number of rotatable bonds is 3. The van der Waals surface area contributed by atoms with Crippen LogP contribution in [0.2, 0.25) is 0 Å². The van der Waals surface area contributed by atoms with Crippen molar-refractivity contribution >= 4 is 31.6 Å². The molecule has 0 aliphatic carbocycles. The second-order valence-corrected chi connectivity index (χ2v) is 8.29. The molecule has 1 aromatic rings. The van der Waals surface area contributed by atoms with Crippen LogP contribution in [-0.4, -0.2) is 41.8 Å². The van der Waals surface area contributed by atoms with E-state index in [0.29, 0.717) is 24.2 Å². The summed E-state index contributed by atoms with van der Waals surface area (Å²) in [4.78, 5) is 11.7. The molecule has 0 bridgehead atoms. The summed E-state index contributed by atoms with van der Waals surface area (Å²) in [6.45, 7) is 0.325. The molecule has 0 radical (unpaired) electrons. The van der Waals surface area contributed by atoms with Gasteiger partial charge in [-0.2, -0.15) is 0 Å². The minimum absolute atomic E-state index is 0.185. The Morgan fingerprint density at radius 3 is 2.40 bits per heavy atom. The van der Waals surface area contributed by atoms with Crippen LogP contribution in [0.1, 0.15) is 15.9 Å². The number of fused-ring (bicyclic) bond motifs is 1. The van der Waals surface area contributed by atoms with Gasteiger partial charge in [0.15, 0.2) is 0 Å². The zero-order chi connectivity index (χ0) is 15.1. The van der Waals surface area contributed by atoms with Crippen LogP contribution in [0.5, 0.6) is 0 Å². The predicted octanol–water partition coefficient (Wildman–Crippen LogP) is -0.302. The van der Waals surface area contributed by atoms with Gasteiger partial charge in [0.25, 0.3) is 5.91 Å². The van der Waals surface area contributed by atoms with Crippen molar-refractivity contribution in [2.24, 2.45) is 0 Å². The average Bonchev–Trinajstić information content (AvgIpc) is 2.68. The standard InChI is InChI=1S/C11H14N2O5S2/c1-19(15,16)12-11(14)9-3-4-10-8(7-9)5-6-13(10)20(2,17)18/h3-4,7H,5-6H2,1-2H3,(H,12,14). The number of benzene rings is 1. The van der Waals surface area contributed by atoms with Gasteiger partial charge in [-0.05, 0) is 30.2 Å². The molecule has 1 aliphatic heterocycles. The molecule has 0 unspecified atom stereocenters. The van der Waals surface area contributed by atoms with Crippen LogP contribution in [0, 0.1) is 0 Å². The molecule has 0 atom stereocenters. The van der Waals surface area contributed by atoms with Gasteiger partial charge in [0, 0.05) is 12.1 Å². The highest BCUT2D eigenvalue weighted by molar-refractivity contribution is 7.92. The van der Waals surface area contributed by atoms with Crippen LogP contribution in [0.4, 0.5) is 5.69 Å². The molecule has 9 heteroatoms. The first-order valence-electron chi connectivity index (χ1n) is 5.71. The van der Waals surface area contributed by atoms with Crippen LogP contribution >= 0.6 is 0 Å². The Kier molecular flexibility index (Phi) is 3.51. The van der Waals surface area contributed by atoms with E-state index in [-0.39, 0.29) is 5.56 Å². The van der Waals surface area contributed by atoms with Crippen molar-refractivity contribution in [3.8, 4) is 0 Å². The molecule has 20 heavy (non-hydrogen) atoms. The van der Waals surface area contributed by atoms with Crippen LogP contribution in [0.3, 0.4) is 0 Å². The minimum Gasteiger partial charge on any atom is -0.270 e. The first-order chi connectivity index (χ1) is 9.08. The first-order valence-corrected chi connectivity index (χ1v) is 9.45. The van der Waals surface area contributed by atoms with Crippen molar-refractivity contribution < 1.29 is 21.6 Å². The SMILES string of the molecule is CS(=O)(=O)NC(=O)c1ccc2c(c1)CCN2S(C)(=O)=O. The monoisotopic (exact) mass is 318 g/mol. The van der Waals surface area contributed by atoms with Gasteiger partial charge in [-0.3, -0.25) is 9.10 Å². The van der Waals surface area contributed by atoms with E-state index in [1.807, 2.05) is 4.72 Å². The summed E-state index contributed by atoms with van der Waals surface area (Å²) in [6, 6.07) is 4.43. The normalized spacial score (nSPS) is 15.0. The lowest BCUT2D eigenvalue weighted by Crippen LogP contribution is -2.29. The number of anilines is 1. The smallest absolute Gasteiger partial charge is 0.264 e. The molecule has 1 aromatic carbocycles. The topological polar surface area (TPSA) is 101 Å². The lowest BCUT2D eigenvalue weighted by molar-refractivity contribution is 0.0981. The van der Waals surface area contributed by atoms with E-state index < -0.39 is 26.0 Å². The number of hydrogen-bond donors (Lipinski definition) is 1. The number of amides is 1. The molecule has 0 saturated carbocycles. The fourth-order valence-electron chi connectivity index (χ4n) is 2.08. The summed E-state index contributed by atoms with van der Waals surface area (Å²) in [5.74, 6) is -0.729. The second kappa shape index (κ2) is 4.74. The number of nitrogens with zero attached hydrogens (tertiary/aromatic N) is 1. The molecule has 1 aliphatic rings. The highest BCUT2D eigenvalue weighted by atomic mass is 32.2. The Balaban J connectivity index is 2.34. The van der Waals surface area contributed by atoms with Crippen molar-refractivity contribution in [2.45, 2.75) is 6.42 Å². The minimum atomic E-state index is -3.63. The molecule has 1 amide bonds. The van der Waals surface area contributed by atoms with E-state index in [2.05, 4.69) is 0 Å². The van der Waals surface area contributed by atoms with E-state index >= 15 is 0 Å². The maximum Gasteiger partial charge on any atom is 0.264 e. The molecule has 0 spiro atoms. The third kappa shape index (κ3) is 3.10. The van der Waals surface area contributed by atoms with E-state index in [0.717, 1.165) is 12.5 Å². The van der Waals surface area contributed by atoms with Gasteiger partial charge in [-0.1, -0.05) is 0 Å². The van der Waals surface area contributed by atoms with Gasteiger partial charge >= 0.3 is 0 Å². The van der Waals surface area contributed by atoms with E-state index in [1.165, 1.54) is 22.5 Å². The van der Waals surface area contributed by atoms with Crippen molar-refractivity contribution in [3.05, 3.63) is 29.3 Å². The highest BCUT2D eigenvalue weighted by Gasteiger charge is 2.26. The lowest BCUT2D eigenvalue weighted by atomic mass is 10.1. The number of hydrogen-bond acceptors (Lipinski definition) is 5. The maximum absolute atomic E-state index is 11.7.